The minimum absolute atomic E-state index is 0.0594. The molecular formula is C31H50N4O9S. The zero-order chi connectivity index (χ0) is 33.0. The van der Waals surface area contributed by atoms with E-state index in [2.05, 4.69) is 15.4 Å². The van der Waals surface area contributed by atoms with E-state index in [0.717, 1.165) is 39.2 Å². The third-order valence-corrected chi connectivity index (χ3v) is 9.97. The van der Waals surface area contributed by atoms with E-state index in [1.54, 1.807) is 30.3 Å². The molecular weight excluding hydrogens is 604 g/mol. The van der Waals surface area contributed by atoms with Crippen LogP contribution in [0.5, 0.6) is 0 Å². The Balaban J connectivity index is 1.82. The van der Waals surface area contributed by atoms with E-state index in [1.165, 1.54) is 4.31 Å². The SMILES string of the molecule is COC(=O)C(NC(=O)[C@H](Cc1ccccc1)NS(=O)(=O)N1CCOCC1)C(=O)N[C@@H](CC1CCCCC1)[C@@H](O)[C@@H](O)CC(C)C. The first kappa shape index (κ1) is 36.8. The molecule has 13 nitrogen and oxygen atoms in total. The molecule has 0 spiro atoms. The molecule has 2 amide bonds. The number of esters is 1. The smallest absolute Gasteiger partial charge is 0.338 e. The zero-order valence-electron chi connectivity index (χ0n) is 26.5. The summed E-state index contributed by atoms with van der Waals surface area (Å²) in [6.07, 6.45) is 3.22. The third-order valence-electron chi connectivity index (χ3n) is 8.35. The van der Waals surface area contributed by atoms with Crippen molar-refractivity contribution in [2.24, 2.45) is 11.8 Å². The molecule has 0 bridgehead atoms. The van der Waals surface area contributed by atoms with Crippen LogP contribution in [0.2, 0.25) is 0 Å². The number of nitrogens with zero attached hydrogens (tertiary/aromatic N) is 1. The summed E-state index contributed by atoms with van der Waals surface area (Å²) in [5, 5.41) is 26.9. The Morgan fingerprint density at radius 1 is 1.00 bits per heavy atom. The molecule has 1 aromatic rings. The van der Waals surface area contributed by atoms with Gasteiger partial charge in [-0.05, 0) is 36.7 Å². The lowest BCUT2D eigenvalue weighted by Crippen LogP contribution is -2.61. The van der Waals surface area contributed by atoms with Crippen LogP contribution in [0, 0.1) is 11.8 Å². The van der Waals surface area contributed by atoms with Crippen LogP contribution in [0.15, 0.2) is 30.3 Å². The Morgan fingerprint density at radius 2 is 1.64 bits per heavy atom. The van der Waals surface area contributed by atoms with Gasteiger partial charge in [-0.2, -0.15) is 17.4 Å². The number of benzene rings is 1. The summed E-state index contributed by atoms with van der Waals surface area (Å²) in [5.74, 6) is -2.61. The molecule has 1 heterocycles. The van der Waals surface area contributed by atoms with Crippen LogP contribution < -0.4 is 15.4 Å². The molecule has 1 saturated carbocycles. The highest BCUT2D eigenvalue weighted by atomic mass is 32.2. The van der Waals surface area contributed by atoms with E-state index < -0.39 is 58.3 Å². The summed E-state index contributed by atoms with van der Waals surface area (Å²) in [7, 11) is -3.06. The topological polar surface area (TPSA) is 184 Å². The van der Waals surface area contributed by atoms with Crippen molar-refractivity contribution in [1.82, 2.24) is 19.7 Å². The van der Waals surface area contributed by atoms with Crippen LogP contribution in [0.1, 0.15) is 64.4 Å². The van der Waals surface area contributed by atoms with Gasteiger partial charge in [0, 0.05) is 13.1 Å². The van der Waals surface area contributed by atoms with Gasteiger partial charge >= 0.3 is 5.97 Å². The Hall–Kier alpha value is -2.62. The first-order valence-corrected chi connectivity index (χ1v) is 17.3. The molecule has 1 aromatic carbocycles. The standard InChI is InChI=1S/C31H50N4O9S/c1-21(2)18-26(36)28(37)24(19-22-10-6-4-7-11-22)32-30(39)27(31(40)43-3)33-29(38)25(20-23-12-8-5-9-13-23)34-45(41,42)35-14-16-44-17-15-35/h5,8-9,12-13,21-22,24-28,34,36-37H,4,6-7,10-11,14-20H2,1-3H3,(H,32,39)(H,33,38)/t24-,25-,26-,27?,28+/m0/s1. The maximum Gasteiger partial charge on any atom is 0.338 e. The number of aliphatic hydroxyl groups is 2. The minimum Gasteiger partial charge on any atom is -0.467 e. The average Bonchev–Trinajstić information content (AvgIpc) is 3.03. The number of nitrogens with one attached hydrogen (secondary N) is 3. The molecule has 1 aliphatic carbocycles. The van der Waals surface area contributed by atoms with E-state index >= 15 is 0 Å². The normalized spacial score (nSPS) is 20.0. The number of hydrogen-bond acceptors (Lipinski definition) is 9. The van der Waals surface area contributed by atoms with Crippen molar-refractivity contribution in [3.63, 3.8) is 0 Å². The van der Waals surface area contributed by atoms with Gasteiger partial charge in [0.2, 0.25) is 11.9 Å². The molecule has 0 radical (unpaired) electrons. The Kier molecular flexibility index (Phi) is 14.7. The molecule has 14 heteroatoms. The van der Waals surface area contributed by atoms with Crippen molar-refractivity contribution in [3.8, 4) is 0 Å². The molecule has 2 aliphatic rings. The van der Waals surface area contributed by atoms with Crippen LogP contribution in [-0.2, 0) is 40.5 Å². The third kappa shape index (κ3) is 11.6. The van der Waals surface area contributed by atoms with E-state index in [9.17, 15) is 33.0 Å². The van der Waals surface area contributed by atoms with Gasteiger partial charge in [-0.15, -0.1) is 0 Å². The van der Waals surface area contributed by atoms with Gasteiger partial charge in [0.1, 0.15) is 12.1 Å². The van der Waals surface area contributed by atoms with Gasteiger partial charge < -0.3 is 30.3 Å². The molecule has 5 atom stereocenters. The van der Waals surface area contributed by atoms with Crippen molar-refractivity contribution in [2.75, 3.05) is 33.4 Å². The molecule has 1 saturated heterocycles. The number of carbonyl (C=O) groups is 3. The monoisotopic (exact) mass is 654 g/mol. The lowest BCUT2D eigenvalue weighted by atomic mass is 9.82. The van der Waals surface area contributed by atoms with E-state index in [-0.39, 0.29) is 44.6 Å². The first-order chi connectivity index (χ1) is 21.4. The second kappa shape index (κ2) is 17.9. The molecule has 254 valence electrons. The zero-order valence-corrected chi connectivity index (χ0v) is 27.3. The Labute approximate surface area is 266 Å². The predicted molar refractivity (Wildman–Crippen MR) is 167 cm³/mol. The van der Waals surface area contributed by atoms with Gasteiger partial charge in [-0.25, -0.2) is 4.79 Å². The van der Waals surface area contributed by atoms with E-state index in [0.29, 0.717) is 18.4 Å². The number of amides is 2. The van der Waals surface area contributed by atoms with E-state index in [1.807, 2.05) is 13.8 Å². The number of rotatable bonds is 16. The number of aliphatic hydroxyl groups excluding tert-OH is 2. The highest BCUT2D eigenvalue weighted by molar-refractivity contribution is 7.87. The summed E-state index contributed by atoms with van der Waals surface area (Å²) >= 11 is 0. The molecule has 2 fully saturated rings. The fourth-order valence-electron chi connectivity index (χ4n) is 5.89. The van der Waals surface area contributed by atoms with Crippen molar-refractivity contribution in [1.29, 1.82) is 0 Å². The van der Waals surface area contributed by atoms with Crippen LogP contribution in [-0.4, -0.2) is 104 Å². The number of carbonyl (C=O) groups excluding carboxylic acids is 3. The van der Waals surface area contributed by atoms with Crippen LogP contribution in [0.25, 0.3) is 0 Å². The lowest BCUT2D eigenvalue weighted by Gasteiger charge is -2.33. The average molecular weight is 655 g/mol. The minimum atomic E-state index is -4.13. The maximum absolute atomic E-state index is 13.7. The molecule has 0 aromatic heterocycles. The van der Waals surface area contributed by atoms with Crippen LogP contribution >= 0.6 is 0 Å². The van der Waals surface area contributed by atoms with Gasteiger partial charge in [0.05, 0.1) is 32.5 Å². The Bertz CT molecular complexity index is 1190. The molecule has 1 aliphatic heterocycles. The molecule has 3 rings (SSSR count). The summed E-state index contributed by atoms with van der Waals surface area (Å²) in [6.45, 7) is 4.45. The molecule has 45 heavy (non-hydrogen) atoms. The second-order valence-electron chi connectivity index (χ2n) is 12.4. The first-order valence-electron chi connectivity index (χ1n) is 15.8. The Morgan fingerprint density at radius 3 is 2.24 bits per heavy atom. The van der Waals surface area contributed by atoms with Crippen molar-refractivity contribution in [2.45, 2.75) is 95.5 Å². The molecule has 5 N–H and O–H groups in total. The number of methoxy groups -OCH3 is 1. The fourth-order valence-corrected chi connectivity index (χ4v) is 7.22. The van der Waals surface area contributed by atoms with Gasteiger partial charge in [0.25, 0.3) is 16.1 Å². The van der Waals surface area contributed by atoms with Gasteiger partial charge in [-0.3, -0.25) is 9.59 Å². The molecule has 1 unspecified atom stereocenters. The van der Waals surface area contributed by atoms with Crippen molar-refractivity contribution < 1.29 is 42.5 Å². The van der Waals surface area contributed by atoms with Gasteiger partial charge in [-0.1, -0.05) is 76.3 Å². The quantitative estimate of drug-likeness (QED) is 0.126. The lowest BCUT2D eigenvalue weighted by molar-refractivity contribution is -0.150. The summed E-state index contributed by atoms with van der Waals surface area (Å²) in [6, 6.07) is 4.63. The summed E-state index contributed by atoms with van der Waals surface area (Å²) in [5.41, 5.74) is 0.649. The largest absolute Gasteiger partial charge is 0.467 e. The number of ether oxygens (including phenoxy) is 2. The van der Waals surface area contributed by atoms with Crippen molar-refractivity contribution in [3.05, 3.63) is 35.9 Å². The van der Waals surface area contributed by atoms with Crippen LogP contribution in [0.3, 0.4) is 0 Å². The highest BCUT2D eigenvalue weighted by Crippen LogP contribution is 2.29. The number of hydrogen-bond donors (Lipinski definition) is 5. The summed E-state index contributed by atoms with van der Waals surface area (Å²) in [4.78, 5) is 40.1. The summed E-state index contributed by atoms with van der Waals surface area (Å²) < 4.78 is 40.1. The maximum atomic E-state index is 13.7. The predicted octanol–water partition coefficient (Wildman–Crippen LogP) is 0.645. The van der Waals surface area contributed by atoms with Gasteiger partial charge in [0.15, 0.2) is 0 Å². The number of morpholine rings is 1. The second-order valence-corrected chi connectivity index (χ2v) is 14.1. The van der Waals surface area contributed by atoms with E-state index in [4.69, 9.17) is 9.47 Å². The van der Waals surface area contributed by atoms with Crippen LogP contribution in [0.4, 0.5) is 0 Å². The van der Waals surface area contributed by atoms with Crippen molar-refractivity contribution >= 4 is 28.0 Å². The fraction of sp³-hybridized carbons (Fsp3) is 0.710. The highest BCUT2D eigenvalue weighted by Gasteiger charge is 2.38.